The zero-order chi connectivity index (χ0) is 18.0. The van der Waals surface area contributed by atoms with Crippen molar-refractivity contribution >= 4 is 50.6 Å². The number of para-hydroxylation sites is 1. The van der Waals surface area contributed by atoms with Gasteiger partial charge in [0.25, 0.3) is 0 Å². The van der Waals surface area contributed by atoms with E-state index in [1.54, 1.807) is 6.92 Å². The Labute approximate surface area is 155 Å². The number of aromatic nitrogens is 2. The highest BCUT2D eigenvalue weighted by Crippen LogP contribution is 2.36. The summed E-state index contributed by atoms with van der Waals surface area (Å²) in [5.74, 6) is 0.249. The Kier molecular flexibility index (Phi) is 5.20. The van der Waals surface area contributed by atoms with Crippen LogP contribution in [0.2, 0.25) is 5.28 Å². The van der Waals surface area contributed by atoms with Gasteiger partial charge in [0.1, 0.15) is 15.5 Å². The second-order valence-electron chi connectivity index (χ2n) is 5.43. The van der Waals surface area contributed by atoms with E-state index in [0.29, 0.717) is 22.1 Å². The van der Waals surface area contributed by atoms with E-state index in [9.17, 15) is 4.79 Å². The summed E-state index contributed by atoms with van der Waals surface area (Å²) in [6.45, 7) is 6.08. The maximum absolute atomic E-state index is 12.2. The van der Waals surface area contributed by atoms with Crippen molar-refractivity contribution in [3.05, 3.63) is 45.6 Å². The molecule has 0 unspecified atom stereocenters. The molecule has 25 heavy (non-hydrogen) atoms. The molecule has 0 radical (unpaired) electrons. The molecule has 0 spiro atoms. The Morgan fingerprint density at radius 2 is 2.04 bits per heavy atom. The molecule has 5 nitrogen and oxygen atoms in total. The fourth-order valence-corrected chi connectivity index (χ4v) is 3.97. The van der Waals surface area contributed by atoms with E-state index in [4.69, 9.17) is 16.3 Å². The number of carbonyl (C=O) groups is 1. The van der Waals surface area contributed by atoms with Crippen LogP contribution in [0, 0.1) is 6.92 Å². The zero-order valence-corrected chi connectivity index (χ0v) is 15.8. The van der Waals surface area contributed by atoms with Crippen LogP contribution in [0.5, 0.6) is 0 Å². The van der Waals surface area contributed by atoms with E-state index in [2.05, 4.69) is 28.3 Å². The van der Waals surface area contributed by atoms with Crippen molar-refractivity contribution in [2.24, 2.45) is 0 Å². The lowest BCUT2D eigenvalue weighted by molar-refractivity contribution is 0.0531. The van der Waals surface area contributed by atoms with Crippen LogP contribution in [-0.2, 0) is 11.2 Å². The quantitative estimate of drug-likeness (QED) is 0.494. The number of carbonyl (C=O) groups excluding carboxylic acids is 1. The first-order chi connectivity index (χ1) is 12.0. The van der Waals surface area contributed by atoms with Crippen LogP contribution in [-0.4, -0.2) is 22.5 Å². The number of nitrogens with zero attached hydrogens (tertiary/aromatic N) is 2. The predicted octanol–water partition coefficient (Wildman–Crippen LogP) is 5.14. The first-order valence-electron chi connectivity index (χ1n) is 8.03. The molecule has 3 aromatic rings. The standard InChI is InChI=1S/C18H18ClN3O2S/c1-4-11-8-6-7-9-12(11)20-15-13-10(3)14(17(23)24-5-2)25-16(13)22-18(19)21-15/h6-9H,4-5H2,1-3H3,(H,20,21,22). The van der Waals surface area contributed by atoms with Gasteiger partial charge in [-0.15, -0.1) is 11.3 Å². The molecule has 0 atom stereocenters. The van der Waals surface area contributed by atoms with Crippen LogP contribution in [0.3, 0.4) is 0 Å². The van der Waals surface area contributed by atoms with Crippen molar-refractivity contribution < 1.29 is 9.53 Å². The molecule has 0 saturated heterocycles. The van der Waals surface area contributed by atoms with Crippen LogP contribution >= 0.6 is 22.9 Å². The van der Waals surface area contributed by atoms with Crippen molar-refractivity contribution in [2.45, 2.75) is 27.2 Å². The number of fused-ring (bicyclic) bond motifs is 1. The summed E-state index contributed by atoms with van der Waals surface area (Å²) in [4.78, 5) is 22.0. The molecule has 0 aliphatic heterocycles. The number of ether oxygens (including phenoxy) is 1. The van der Waals surface area contributed by atoms with Gasteiger partial charge in [-0.05, 0) is 49.1 Å². The van der Waals surface area contributed by atoms with Crippen molar-refractivity contribution in [1.82, 2.24) is 9.97 Å². The predicted molar refractivity (Wildman–Crippen MR) is 102 cm³/mol. The minimum absolute atomic E-state index is 0.139. The number of hydrogen-bond acceptors (Lipinski definition) is 6. The highest BCUT2D eigenvalue weighted by molar-refractivity contribution is 7.20. The molecular formula is C18H18ClN3O2S. The third-order valence-electron chi connectivity index (χ3n) is 3.88. The molecule has 1 N–H and O–H groups in total. The number of hydrogen-bond donors (Lipinski definition) is 1. The topological polar surface area (TPSA) is 64.1 Å². The number of esters is 1. The molecule has 0 saturated carbocycles. The lowest BCUT2D eigenvalue weighted by Gasteiger charge is -2.11. The zero-order valence-electron chi connectivity index (χ0n) is 14.2. The average Bonchev–Trinajstić information content (AvgIpc) is 2.92. The van der Waals surface area contributed by atoms with Crippen molar-refractivity contribution in [3.8, 4) is 0 Å². The van der Waals surface area contributed by atoms with Gasteiger partial charge in [0, 0.05) is 5.69 Å². The smallest absolute Gasteiger partial charge is 0.348 e. The number of thiophene rings is 1. The lowest BCUT2D eigenvalue weighted by Crippen LogP contribution is -2.04. The molecule has 3 rings (SSSR count). The Bertz CT molecular complexity index is 939. The highest BCUT2D eigenvalue weighted by atomic mass is 35.5. The van der Waals surface area contributed by atoms with Gasteiger partial charge in [-0.3, -0.25) is 0 Å². The van der Waals surface area contributed by atoms with Gasteiger partial charge >= 0.3 is 5.97 Å². The summed E-state index contributed by atoms with van der Waals surface area (Å²) >= 11 is 7.37. The third-order valence-corrected chi connectivity index (χ3v) is 5.21. The summed E-state index contributed by atoms with van der Waals surface area (Å²) in [6.07, 6.45) is 0.891. The summed E-state index contributed by atoms with van der Waals surface area (Å²) in [6, 6.07) is 8.02. The number of halogens is 1. The Balaban J connectivity index is 2.13. The maximum Gasteiger partial charge on any atom is 0.348 e. The lowest BCUT2D eigenvalue weighted by atomic mass is 10.1. The normalized spacial score (nSPS) is 10.9. The fraction of sp³-hybridized carbons (Fsp3) is 0.278. The van der Waals surface area contributed by atoms with Gasteiger partial charge in [0.15, 0.2) is 0 Å². The molecule has 7 heteroatoms. The second-order valence-corrected chi connectivity index (χ2v) is 6.77. The van der Waals surface area contributed by atoms with Gasteiger partial charge < -0.3 is 10.1 Å². The largest absolute Gasteiger partial charge is 0.462 e. The van der Waals surface area contributed by atoms with Crippen LogP contribution in [0.1, 0.15) is 34.6 Å². The van der Waals surface area contributed by atoms with Crippen molar-refractivity contribution in [3.63, 3.8) is 0 Å². The Morgan fingerprint density at radius 1 is 1.28 bits per heavy atom. The molecule has 2 heterocycles. The monoisotopic (exact) mass is 375 g/mol. The van der Waals surface area contributed by atoms with E-state index < -0.39 is 0 Å². The molecule has 0 amide bonds. The number of benzene rings is 1. The molecule has 0 fully saturated rings. The summed E-state index contributed by atoms with van der Waals surface area (Å²) < 4.78 is 5.13. The number of nitrogens with one attached hydrogen (secondary N) is 1. The summed E-state index contributed by atoms with van der Waals surface area (Å²) in [5, 5.41) is 4.29. The maximum atomic E-state index is 12.2. The molecule has 130 valence electrons. The van der Waals surface area contributed by atoms with Gasteiger partial charge in [-0.1, -0.05) is 25.1 Å². The Morgan fingerprint density at radius 3 is 2.76 bits per heavy atom. The SMILES string of the molecule is CCOC(=O)c1sc2nc(Cl)nc(Nc3ccccc3CC)c2c1C. The first-order valence-corrected chi connectivity index (χ1v) is 9.23. The van der Waals surface area contributed by atoms with Crippen LogP contribution < -0.4 is 5.32 Å². The van der Waals surface area contributed by atoms with Gasteiger partial charge in [-0.2, -0.15) is 4.98 Å². The third kappa shape index (κ3) is 3.45. The minimum Gasteiger partial charge on any atom is -0.462 e. The van der Waals surface area contributed by atoms with E-state index in [1.165, 1.54) is 16.9 Å². The van der Waals surface area contributed by atoms with Crippen LogP contribution in [0.25, 0.3) is 10.2 Å². The first kappa shape index (κ1) is 17.6. The van der Waals surface area contributed by atoms with E-state index in [0.717, 1.165) is 23.1 Å². The van der Waals surface area contributed by atoms with Crippen LogP contribution in [0.4, 0.5) is 11.5 Å². The molecule has 0 aliphatic rings. The molecule has 2 aromatic heterocycles. The van der Waals surface area contributed by atoms with Crippen LogP contribution in [0.15, 0.2) is 24.3 Å². The molecule has 0 aliphatic carbocycles. The fourth-order valence-electron chi connectivity index (χ4n) is 2.67. The number of rotatable bonds is 5. The van der Waals surface area contributed by atoms with Gasteiger partial charge in [0.2, 0.25) is 5.28 Å². The second kappa shape index (κ2) is 7.37. The number of anilines is 2. The van der Waals surface area contributed by atoms with Gasteiger partial charge in [0.05, 0.1) is 12.0 Å². The van der Waals surface area contributed by atoms with E-state index in [1.807, 2.05) is 25.1 Å². The highest BCUT2D eigenvalue weighted by Gasteiger charge is 2.21. The van der Waals surface area contributed by atoms with E-state index >= 15 is 0 Å². The molecular weight excluding hydrogens is 358 g/mol. The van der Waals surface area contributed by atoms with Crippen molar-refractivity contribution in [2.75, 3.05) is 11.9 Å². The molecule has 1 aromatic carbocycles. The minimum atomic E-state index is -0.348. The Hall–Kier alpha value is -2.18. The summed E-state index contributed by atoms with van der Waals surface area (Å²) in [5.41, 5.74) is 2.93. The summed E-state index contributed by atoms with van der Waals surface area (Å²) in [7, 11) is 0. The van der Waals surface area contributed by atoms with E-state index in [-0.39, 0.29) is 11.3 Å². The van der Waals surface area contributed by atoms with Crippen molar-refractivity contribution in [1.29, 1.82) is 0 Å². The molecule has 0 bridgehead atoms. The average molecular weight is 376 g/mol. The van der Waals surface area contributed by atoms with Gasteiger partial charge in [-0.25, -0.2) is 9.78 Å². The number of aryl methyl sites for hydroxylation is 2.